The lowest BCUT2D eigenvalue weighted by atomic mass is 9.96. The topological polar surface area (TPSA) is 138 Å². The number of sulfone groups is 1. The predicted molar refractivity (Wildman–Crippen MR) is 146 cm³/mol. The molecule has 0 fully saturated rings. The van der Waals surface area contributed by atoms with Gasteiger partial charge in [0.2, 0.25) is 0 Å². The SMILES string of the molecule is COc1cccc(OC)c1-n1c(CS(=O)(=O)[C@@H](C)[C@H](C)c2ncc(Cl)cn2)nnc1-c1n[nH]c2c1CCCC2. The number of nitrogens with one attached hydrogen (secondary N) is 1. The minimum absolute atomic E-state index is 0.219. The molecule has 2 atom stereocenters. The highest BCUT2D eigenvalue weighted by Crippen LogP contribution is 2.38. The third kappa shape index (κ3) is 5.10. The Kier molecular flexibility index (Phi) is 7.59. The summed E-state index contributed by atoms with van der Waals surface area (Å²) in [5.74, 6) is 1.13. The van der Waals surface area contributed by atoms with E-state index in [1.807, 2.05) is 0 Å². The maximum Gasteiger partial charge on any atom is 0.189 e. The standard InChI is InChI=1S/C26H30ClN7O4S/c1-15(25-28-12-17(27)13-29-25)16(2)39(35,36)14-22-31-33-26(23-18-8-5-6-9-19(18)30-32-23)34(22)24-20(37-3)10-7-11-21(24)38-4/h7,10-13,15-16H,5-6,8-9,14H2,1-4H3,(H,30,32)/t15-,16-/m0/s1. The Balaban J connectivity index is 1.62. The minimum atomic E-state index is -3.76. The summed E-state index contributed by atoms with van der Waals surface area (Å²) in [5, 5.41) is 16.1. The molecule has 0 spiro atoms. The van der Waals surface area contributed by atoms with Crippen LogP contribution in [-0.2, 0) is 28.4 Å². The van der Waals surface area contributed by atoms with Crippen molar-refractivity contribution in [2.75, 3.05) is 14.2 Å². The van der Waals surface area contributed by atoms with Gasteiger partial charge < -0.3 is 9.47 Å². The lowest BCUT2D eigenvalue weighted by Gasteiger charge is -2.20. The van der Waals surface area contributed by atoms with Gasteiger partial charge >= 0.3 is 0 Å². The number of hydrogen-bond donors (Lipinski definition) is 1. The second-order valence-electron chi connectivity index (χ2n) is 9.58. The summed E-state index contributed by atoms with van der Waals surface area (Å²) in [4.78, 5) is 8.45. The minimum Gasteiger partial charge on any atom is -0.494 e. The van der Waals surface area contributed by atoms with Crippen LogP contribution in [0.5, 0.6) is 11.5 Å². The highest BCUT2D eigenvalue weighted by atomic mass is 35.5. The molecule has 206 valence electrons. The van der Waals surface area contributed by atoms with Crippen molar-refractivity contribution in [1.29, 1.82) is 0 Å². The molecule has 39 heavy (non-hydrogen) atoms. The molecule has 0 bridgehead atoms. The molecule has 4 aromatic rings. The molecule has 0 saturated heterocycles. The van der Waals surface area contributed by atoms with Crippen LogP contribution >= 0.6 is 11.6 Å². The zero-order chi connectivity index (χ0) is 27.7. The number of methoxy groups -OCH3 is 2. The van der Waals surface area contributed by atoms with E-state index in [9.17, 15) is 8.42 Å². The molecule has 0 amide bonds. The molecule has 1 N–H and O–H groups in total. The average molecular weight is 572 g/mol. The van der Waals surface area contributed by atoms with E-state index in [4.69, 9.17) is 21.1 Å². The summed E-state index contributed by atoms with van der Waals surface area (Å²) in [7, 11) is -0.666. The number of rotatable bonds is 9. The molecule has 0 aliphatic heterocycles. The first-order valence-electron chi connectivity index (χ1n) is 12.7. The van der Waals surface area contributed by atoms with Crippen LogP contribution in [0.2, 0.25) is 5.02 Å². The Labute approximate surface area is 231 Å². The number of benzene rings is 1. The fraction of sp³-hybridized carbons (Fsp3) is 0.423. The van der Waals surface area contributed by atoms with Crippen molar-refractivity contribution >= 4 is 21.4 Å². The van der Waals surface area contributed by atoms with Gasteiger partial charge in [0.15, 0.2) is 21.5 Å². The molecule has 5 rings (SSSR count). The molecule has 3 heterocycles. The van der Waals surface area contributed by atoms with E-state index in [-0.39, 0.29) is 11.6 Å². The van der Waals surface area contributed by atoms with Gasteiger partial charge in [-0.3, -0.25) is 9.67 Å². The van der Waals surface area contributed by atoms with Crippen LogP contribution in [0.25, 0.3) is 17.2 Å². The lowest BCUT2D eigenvalue weighted by Crippen LogP contribution is -2.27. The zero-order valence-corrected chi connectivity index (χ0v) is 23.8. The Morgan fingerprint density at radius 2 is 1.72 bits per heavy atom. The molecule has 0 radical (unpaired) electrons. The summed E-state index contributed by atoms with van der Waals surface area (Å²) in [6, 6.07) is 5.36. The second kappa shape index (κ2) is 10.9. The number of para-hydroxylation sites is 1. The highest BCUT2D eigenvalue weighted by Gasteiger charge is 2.34. The van der Waals surface area contributed by atoms with E-state index in [1.54, 1.807) is 50.8 Å². The molecule has 11 nitrogen and oxygen atoms in total. The van der Waals surface area contributed by atoms with Crippen LogP contribution in [-0.4, -0.2) is 62.8 Å². The summed E-state index contributed by atoms with van der Waals surface area (Å²) < 4.78 is 40.5. The van der Waals surface area contributed by atoms with Crippen molar-refractivity contribution in [2.24, 2.45) is 0 Å². The number of hydrogen-bond acceptors (Lipinski definition) is 9. The molecule has 0 unspecified atom stereocenters. The third-order valence-electron chi connectivity index (χ3n) is 7.27. The van der Waals surface area contributed by atoms with E-state index < -0.39 is 21.0 Å². The van der Waals surface area contributed by atoms with E-state index in [2.05, 4.69) is 30.4 Å². The molecule has 13 heteroatoms. The highest BCUT2D eigenvalue weighted by molar-refractivity contribution is 7.91. The first-order chi connectivity index (χ1) is 18.7. The fourth-order valence-electron chi connectivity index (χ4n) is 4.91. The predicted octanol–water partition coefficient (Wildman–Crippen LogP) is 4.10. The Bertz CT molecular complexity index is 1560. The van der Waals surface area contributed by atoms with Gasteiger partial charge in [0, 0.05) is 29.6 Å². The van der Waals surface area contributed by atoms with Gasteiger partial charge in [0.05, 0.1) is 24.5 Å². The van der Waals surface area contributed by atoms with Crippen LogP contribution in [0.15, 0.2) is 30.6 Å². The number of ether oxygens (including phenoxy) is 2. The van der Waals surface area contributed by atoms with Crippen molar-refractivity contribution in [1.82, 2.24) is 34.9 Å². The molecule has 1 aliphatic carbocycles. The largest absolute Gasteiger partial charge is 0.494 e. The number of H-pyrrole nitrogens is 1. The monoisotopic (exact) mass is 571 g/mol. The Hall–Kier alpha value is -3.51. The van der Waals surface area contributed by atoms with Crippen LogP contribution in [0.3, 0.4) is 0 Å². The van der Waals surface area contributed by atoms with E-state index in [1.165, 1.54) is 12.4 Å². The van der Waals surface area contributed by atoms with Crippen LogP contribution in [0, 0.1) is 0 Å². The van der Waals surface area contributed by atoms with Crippen LogP contribution in [0.1, 0.15) is 55.5 Å². The number of nitrogens with zero attached hydrogens (tertiary/aromatic N) is 6. The van der Waals surface area contributed by atoms with E-state index in [0.29, 0.717) is 39.6 Å². The number of aromatic amines is 1. The summed E-state index contributed by atoms with van der Waals surface area (Å²) in [6.45, 7) is 3.42. The summed E-state index contributed by atoms with van der Waals surface area (Å²) in [5.41, 5.74) is 3.28. The van der Waals surface area contributed by atoms with E-state index >= 15 is 0 Å². The first kappa shape index (κ1) is 27.1. The smallest absolute Gasteiger partial charge is 0.189 e. The number of halogens is 1. The number of aromatic nitrogens is 7. The normalized spacial score (nSPS) is 15.0. The molecule has 1 aromatic carbocycles. The van der Waals surface area contributed by atoms with Gasteiger partial charge in [-0.1, -0.05) is 24.6 Å². The first-order valence-corrected chi connectivity index (χ1v) is 14.8. The van der Waals surface area contributed by atoms with Gasteiger partial charge in [-0.2, -0.15) is 5.10 Å². The third-order valence-corrected chi connectivity index (χ3v) is 9.67. The Morgan fingerprint density at radius 3 is 2.38 bits per heavy atom. The lowest BCUT2D eigenvalue weighted by molar-refractivity contribution is 0.390. The van der Waals surface area contributed by atoms with Crippen molar-refractivity contribution in [3.8, 4) is 28.7 Å². The van der Waals surface area contributed by atoms with Crippen LogP contribution < -0.4 is 9.47 Å². The molecule has 0 saturated carbocycles. The van der Waals surface area contributed by atoms with Crippen molar-refractivity contribution in [3.63, 3.8) is 0 Å². The summed E-state index contributed by atoms with van der Waals surface area (Å²) >= 11 is 5.92. The Morgan fingerprint density at radius 1 is 1.05 bits per heavy atom. The zero-order valence-electron chi connectivity index (χ0n) is 22.2. The van der Waals surface area contributed by atoms with Gasteiger partial charge in [0.25, 0.3) is 0 Å². The van der Waals surface area contributed by atoms with Gasteiger partial charge in [-0.05, 0) is 44.7 Å². The summed E-state index contributed by atoms with van der Waals surface area (Å²) in [6.07, 6.45) is 6.79. The molecular weight excluding hydrogens is 542 g/mol. The maximum atomic E-state index is 13.8. The number of aryl methyl sites for hydroxylation is 1. The molecule has 3 aromatic heterocycles. The van der Waals surface area contributed by atoms with Crippen molar-refractivity contribution < 1.29 is 17.9 Å². The fourth-order valence-corrected chi connectivity index (χ4v) is 6.56. The van der Waals surface area contributed by atoms with Gasteiger partial charge in [-0.15, -0.1) is 10.2 Å². The van der Waals surface area contributed by atoms with Crippen molar-refractivity contribution in [3.05, 3.63) is 58.5 Å². The van der Waals surface area contributed by atoms with Crippen LogP contribution in [0.4, 0.5) is 0 Å². The van der Waals surface area contributed by atoms with E-state index in [0.717, 1.165) is 36.9 Å². The van der Waals surface area contributed by atoms with Gasteiger partial charge in [0.1, 0.15) is 34.5 Å². The molecule has 1 aliphatic rings. The van der Waals surface area contributed by atoms with Crippen molar-refractivity contribution in [2.45, 2.75) is 56.5 Å². The quantitative estimate of drug-likeness (QED) is 0.314. The maximum absolute atomic E-state index is 13.8. The molecular formula is C26H30ClN7O4S. The second-order valence-corrected chi connectivity index (χ2v) is 12.4. The number of fused-ring (bicyclic) bond motifs is 1. The average Bonchev–Trinajstić information content (AvgIpc) is 3.55. The van der Waals surface area contributed by atoms with Gasteiger partial charge in [-0.25, -0.2) is 18.4 Å².